The molecule has 2 aromatic rings. The van der Waals surface area contributed by atoms with Crippen molar-refractivity contribution in [3.05, 3.63) is 69.9 Å². The van der Waals surface area contributed by atoms with E-state index in [-0.39, 0.29) is 18.5 Å². The summed E-state index contributed by atoms with van der Waals surface area (Å²) < 4.78 is 18.0. The number of pyridine rings is 1. The molecule has 9 heteroatoms. The zero-order chi connectivity index (χ0) is 26.6. The Morgan fingerprint density at radius 2 is 1.86 bits per heavy atom. The number of aromatic nitrogens is 1. The molecule has 0 bridgehead atoms. The molecule has 1 aromatic heterocycles. The maximum Gasteiger partial charge on any atom is 0.410 e. The van der Waals surface area contributed by atoms with Gasteiger partial charge < -0.3 is 24.3 Å². The van der Waals surface area contributed by atoms with Crippen molar-refractivity contribution in [3.8, 4) is 5.75 Å². The number of nitrogens with zero attached hydrogens (tertiary/aromatic N) is 3. The van der Waals surface area contributed by atoms with Gasteiger partial charge in [0.25, 0.3) is 0 Å². The highest BCUT2D eigenvalue weighted by Crippen LogP contribution is 2.47. The van der Waals surface area contributed by atoms with Gasteiger partial charge in [-0.3, -0.25) is 4.90 Å². The Kier molecular flexibility index (Phi) is 7.82. The monoisotopic (exact) mass is 509 g/mol. The van der Waals surface area contributed by atoms with Crippen molar-refractivity contribution in [1.82, 2.24) is 9.88 Å². The summed E-state index contributed by atoms with van der Waals surface area (Å²) >= 11 is 0. The molecule has 1 fully saturated rings. The van der Waals surface area contributed by atoms with Gasteiger partial charge in [-0.2, -0.15) is 0 Å². The molecule has 9 nitrogen and oxygen atoms in total. The standard InChI is InChI=1S/C28H35N3O6/c1-27(2,3)37-26(32)30-17-11-6-5-10-16-28(25(30)20-12-8-7-9-13-20)18-21(19-36-28)24-22(35-4)14-15-23(29-24)31(33)34/h7-9,12-15,18,25H,5-6,10-11,16-17,19H2,1-4H3/t25-,28?/m0/s1. The second-order valence-electron chi connectivity index (χ2n) is 10.5. The maximum atomic E-state index is 13.6. The van der Waals surface area contributed by atoms with Gasteiger partial charge in [0, 0.05) is 18.2 Å². The van der Waals surface area contributed by atoms with E-state index in [1.807, 2.05) is 57.2 Å². The molecule has 1 unspecified atom stereocenters. The predicted molar refractivity (Wildman–Crippen MR) is 139 cm³/mol. The lowest BCUT2D eigenvalue weighted by Gasteiger charge is -2.43. The third kappa shape index (κ3) is 5.93. The topological polar surface area (TPSA) is 104 Å². The van der Waals surface area contributed by atoms with Crippen LogP contribution in [0.5, 0.6) is 5.75 Å². The fraction of sp³-hybridized carbons (Fsp3) is 0.500. The molecule has 1 amide bonds. The number of methoxy groups -OCH3 is 1. The normalized spacial score (nSPS) is 22.5. The quantitative estimate of drug-likeness (QED) is 0.363. The van der Waals surface area contributed by atoms with E-state index >= 15 is 0 Å². The summed E-state index contributed by atoms with van der Waals surface area (Å²) in [5.74, 6) is 0.169. The van der Waals surface area contributed by atoms with Gasteiger partial charge in [0.05, 0.1) is 19.8 Å². The lowest BCUT2D eigenvalue weighted by molar-refractivity contribution is -0.389. The first-order valence-corrected chi connectivity index (χ1v) is 12.7. The average molecular weight is 510 g/mol. The number of rotatable bonds is 4. The van der Waals surface area contributed by atoms with E-state index in [1.165, 1.54) is 13.2 Å². The molecule has 2 aliphatic rings. The van der Waals surface area contributed by atoms with E-state index in [0.717, 1.165) is 31.2 Å². The fourth-order valence-corrected chi connectivity index (χ4v) is 5.14. The zero-order valence-corrected chi connectivity index (χ0v) is 21.9. The summed E-state index contributed by atoms with van der Waals surface area (Å²) in [7, 11) is 1.51. The highest BCUT2D eigenvalue weighted by atomic mass is 16.6. The highest BCUT2D eigenvalue weighted by Gasteiger charge is 2.49. The molecule has 1 spiro atoms. The Morgan fingerprint density at radius 1 is 1.14 bits per heavy atom. The molecule has 0 saturated carbocycles. The van der Waals surface area contributed by atoms with Gasteiger partial charge in [-0.1, -0.05) is 49.6 Å². The molecular weight excluding hydrogens is 474 g/mol. The number of carbonyl (C=O) groups is 1. The van der Waals surface area contributed by atoms with Crippen LogP contribution in [0.3, 0.4) is 0 Å². The lowest BCUT2D eigenvalue weighted by atomic mass is 9.82. The SMILES string of the molecule is COc1ccc([N+](=O)[O-])nc1C1=CC2(CCCCCCN(C(=O)OC(C)(C)C)[C@H]2c2ccccc2)OC1. The number of nitro groups is 1. The number of amides is 1. The number of benzene rings is 1. The van der Waals surface area contributed by atoms with Gasteiger partial charge >= 0.3 is 11.9 Å². The van der Waals surface area contributed by atoms with Crippen LogP contribution in [-0.4, -0.2) is 52.4 Å². The Bertz CT molecular complexity index is 1160. The molecule has 1 saturated heterocycles. The van der Waals surface area contributed by atoms with E-state index in [0.29, 0.717) is 30.0 Å². The highest BCUT2D eigenvalue weighted by molar-refractivity contribution is 5.73. The first-order valence-electron chi connectivity index (χ1n) is 12.7. The molecule has 2 aliphatic heterocycles. The summed E-state index contributed by atoms with van der Waals surface area (Å²) in [4.78, 5) is 30.6. The minimum atomic E-state index is -0.866. The maximum absolute atomic E-state index is 13.6. The van der Waals surface area contributed by atoms with Crippen LogP contribution in [0.25, 0.3) is 5.57 Å². The first-order chi connectivity index (χ1) is 17.6. The van der Waals surface area contributed by atoms with Crippen molar-refractivity contribution in [2.45, 2.75) is 70.1 Å². The summed E-state index contributed by atoms with van der Waals surface area (Å²) in [6.07, 6.45) is 6.06. The molecule has 1 aromatic carbocycles. The second kappa shape index (κ2) is 10.9. The predicted octanol–water partition coefficient (Wildman–Crippen LogP) is 6.09. The Hall–Kier alpha value is -3.46. The summed E-state index contributed by atoms with van der Waals surface area (Å²) in [5, 5.41) is 11.4. The molecule has 2 atom stereocenters. The Balaban J connectivity index is 1.86. The minimum absolute atomic E-state index is 0.190. The van der Waals surface area contributed by atoms with Crippen LogP contribution < -0.4 is 4.74 Å². The lowest BCUT2D eigenvalue weighted by Crippen LogP contribution is -2.49. The Labute approximate surface area is 217 Å². The molecular formula is C28H35N3O6. The van der Waals surface area contributed by atoms with Crippen LogP contribution in [0.4, 0.5) is 10.6 Å². The summed E-state index contributed by atoms with van der Waals surface area (Å²) in [5.41, 5.74) is 0.498. The van der Waals surface area contributed by atoms with Crippen LogP contribution in [0.15, 0.2) is 48.5 Å². The van der Waals surface area contributed by atoms with Crippen LogP contribution in [0, 0.1) is 10.1 Å². The van der Waals surface area contributed by atoms with Gasteiger partial charge in [0.15, 0.2) is 5.75 Å². The summed E-state index contributed by atoms with van der Waals surface area (Å²) in [6.45, 7) is 6.30. The third-order valence-electron chi connectivity index (χ3n) is 6.70. The van der Waals surface area contributed by atoms with Gasteiger partial charge in [-0.05, 0) is 61.2 Å². The molecule has 0 aliphatic carbocycles. The minimum Gasteiger partial charge on any atom is -0.492 e. The largest absolute Gasteiger partial charge is 0.492 e. The van der Waals surface area contributed by atoms with Crippen LogP contribution in [0.2, 0.25) is 0 Å². The molecule has 37 heavy (non-hydrogen) atoms. The van der Waals surface area contributed by atoms with E-state index in [4.69, 9.17) is 14.2 Å². The van der Waals surface area contributed by atoms with E-state index in [9.17, 15) is 14.9 Å². The van der Waals surface area contributed by atoms with Crippen molar-refractivity contribution >= 4 is 17.5 Å². The van der Waals surface area contributed by atoms with Crippen LogP contribution in [0.1, 0.15) is 70.2 Å². The average Bonchev–Trinajstić information content (AvgIpc) is 3.31. The van der Waals surface area contributed by atoms with E-state index in [2.05, 4.69) is 4.98 Å². The smallest absolute Gasteiger partial charge is 0.410 e. The van der Waals surface area contributed by atoms with Crippen molar-refractivity contribution in [1.29, 1.82) is 0 Å². The number of hydrogen-bond acceptors (Lipinski definition) is 7. The number of hydrogen-bond donors (Lipinski definition) is 0. The summed E-state index contributed by atoms with van der Waals surface area (Å²) in [6, 6.07) is 12.3. The second-order valence-corrected chi connectivity index (χ2v) is 10.5. The molecule has 3 heterocycles. The molecule has 0 N–H and O–H groups in total. The van der Waals surface area contributed by atoms with E-state index in [1.54, 1.807) is 11.0 Å². The van der Waals surface area contributed by atoms with Gasteiger partial charge in [-0.15, -0.1) is 0 Å². The molecule has 4 rings (SSSR count). The van der Waals surface area contributed by atoms with E-state index < -0.39 is 22.2 Å². The van der Waals surface area contributed by atoms with Gasteiger partial charge in [0.2, 0.25) is 5.69 Å². The molecule has 0 radical (unpaired) electrons. The van der Waals surface area contributed by atoms with Crippen LogP contribution >= 0.6 is 0 Å². The first kappa shape index (κ1) is 26.6. The number of carbonyl (C=O) groups excluding carboxylic acids is 1. The van der Waals surface area contributed by atoms with Crippen molar-refractivity contribution in [2.75, 3.05) is 20.3 Å². The van der Waals surface area contributed by atoms with Gasteiger partial charge in [-0.25, -0.2) is 4.79 Å². The van der Waals surface area contributed by atoms with Crippen molar-refractivity contribution in [3.63, 3.8) is 0 Å². The fourth-order valence-electron chi connectivity index (χ4n) is 5.14. The third-order valence-corrected chi connectivity index (χ3v) is 6.70. The zero-order valence-electron chi connectivity index (χ0n) is 21.9. The van der Waals surface area contributed by atoms with Crippen molar-refractivity contribution in [2.24, 2.45) is 0 Å². The van der Waals surface area contributed by atoms with Gasteiger partial charge in [0.1, 0.15) is 11.2 Å². The van der Waals surface area contributed by atoms with Crippen molar-refractivity contribution < 1.29 is 23.9 Å². The Morgan fingerprint density at radius 3 is 2.54 bits per heavy atom. The molecule has 198 valence electrons. The van der Waals surface area contributed by atoms with Crippen LogP contribution in [-0.2, 0) is 9.47 Å². The number of ether oxygens (including phenoxy) is 3.